The minimum Gasteiger partial charge on any atom is -0.496 e. The van der Waals surface area contributed by atoms with Crippen LogP contribution in [0.15, 0.2) is 29.8 Å². The molecule has 23 heavy (non-hydrogen) atoms. The number of hydrogen-bond donors (Lipinski definition) is 1. The van der Waals surface area contributed by atoms with Crippen LogP contribution in [0.2, 0.25) is 0 Å². The molecule has 120 valence electrons. The largest absolute Gasteiger partial charge is 0.496 e. The Bertz CT molecular complexity index is 705. The van der Waals surface area contributed by atoms with Crippen molar-refractivity contribution in [2.45, 2.75) is 25.4 Å². The Labute approximate surface area is 137 Å². The highest BCUT2D eigenvalue weighted by molar-refractivity contribution is 7.13. The van der Waals surface area contributed by atoms with E-state index in [4.69, 9.17) is 4.74 Å². The topological polar surface area (TPSA) is 84.4 Å². The van der Waals surface area contributed by atoms with Crippen LogP contribution in [-0.2, 0) is 16.1 Å². The summed E-state index contributed by atoms with van der Waals surface area (Å²) < 4.78 is 5.32. The Hall–Kier alpha value is -2.48. The summed E-state index contributed by atoms with van der Waals surface area (Å²) in [5.74, 6) is 0.436. The van der Waals surface area contributed by atoms with Crippen molar-refractivity contribution in [3.8, 4) is 5.75 Å². The number of likely N-dealkylation sites (tertiary alicyclic amines) is 1. The maximum absolute atomic E-state index is 12.4. The van der Waals surface area contributed by atoms with Crippen LogP contribution in [0.3, 0.4) is 0 Å². The average molecular weight is 332 g/mol. The number of aromatic nitrogens is 2. The summed E-state index contributed by atoms with van der Waals surface area (Å²) in [4.78, 5) is 26.2. The van der Waals surface area contributed by atoms with Crippen LogP contribution < -0.4 is 10.1 Å². The van der Waals surface area contributed by atoms with Gasteiger partial charge in [0, 0.05) is 12.0 Å². The number of anilines is 1. The number of carbonyl (C=O) groups excluding carboxylic acids is 2. The monoisotopic (exact) mass is 332 g/mol. The summed E-state index contributed by atoms with van der Waals surface area (Å²) in [6.07, 6.45) is 0.863. The number of hydrogen-bond acceptors (Lipinski definition) is 6. The van der Waals surface area contributed by atoms with Crippen molar-refractivity contribution < 1.29 is 14.3 Å². The van der Waals surface area contributed by atoms with Crippen molar-refractivity contribution in [2.24, 2.45) is 0 Å². The third-order valence-corrected chi connectivity index (χ3v) is 4.36. The van der Waals surface area contributed by atoms with E-state index in [1.807, 2.05) is 24.3 Å². The lowest BCUT2D eigenvalue weighted by Crippen LogP contribution is -2.41. The molecule has 1 N–H and O–H groups in total. The van der Waals surface area contributed by atoms with Crippen molar-refractivity contribution in [3.63, 3.8) is 0 Å². The van der Waals surface area contributed by atoms with Crippen LogP contribution in [0.25, 0.3) is 0 Å². The Morgan fingerprint density at radius 3 is 3.04 bits per heavy atom. The minimum atomic E-state index is -0.503. The van der Waals surface area contributed by atoms with Gasteiger partial charge < -0.3 is 9.64 Å². The van der Waals surface area contributed by atoms with Gasteiger partial charge in [-0.1, -0.05) is 29.5 Å². The quantitative estimate of drug-likeness (QED) is 0.900. The van der Waals surface area contributed by atoms with Gasteiger partial charge in [-0.25, -0.2) is 0 Å². The van der Waals surface area contributed by atoms with Gasteiger partial charge in [-0.2, -0.15) is 0 Å². The fraction of sp³-hybridized carbons (Fsp3) is 0.333. The van der Waals surface area contributed by atoms with Gasteiger partial charge in [-0.15, -0.1) is 10.2 Å². The molecule has 1 aliphatic heterocycles. The van der Waals surface area contributed by atoms with E-state index < -0.39 is 6.04 Å². The molecule has 0 bridgehead atoms. The number of rotatable bonds is 5. The van der Waals surface area contributed by atoms with Crippen LogP contribution in [0.1, 0.15) is 18.4 Å². The fourth-order valence-corrected chi connectivity index (χ4v) is 3.09. The number of amides is 2. The molecule has 2 aromatic rings. The van der Waals surface area contributed by atoms with E-state index in [9.17, 15) is 9.59 Å². The Morgan fingerprint density at radius 1 is 1.48 bits per heavy atom. The predicted molar refractivity (Wildman–Crippen MR) is 85.1 cm³/mol. The van der Waals surface area contributed by atoms with Crippen molar-refractivity contribution in [3.05, 3.63) is 35.3 Å². The molecule has 0 spiro atoms. The van der Waals surface area contributed by atoms with E-state index in [0.717, 1.165) is 5.56 Å². The lowest BCUT2D eigenvalue weighted by Gasteiger charge is -2.24. The van der Waals surface area contributed by atoms with E-state index in [1.54, 1.807) is 17.5 Å². The number of nitrogens with zero attached hydrogens (tertiary/aromatic N) is 3. The van der Waals surface area contributed by atoms with E-state index in [1.165, 1.54) is 11.3 Å². The first kappa shape index (κ1) is 15.4. The van der Waals surface area contributed by atoms with Crippen molar-refractivity contribution in [2.75, 3.05) is 12.4 Å². The molecule has 1 atom stereocenters. The minimum absolute atomic E-state index is 0.0340. The first-order valence-electron chi connectivity index (χ1n) is 7.17. The summed E-state index contributed by atoms with van der Waals surface area (Å²) in [5, 5.41) is 10.6. The first-order chi connectivity index (χ1) is 11.2. The summed E-state index contributed by atoms with van der Waals surface area (Å²) in [6.45, 7) is 0.344. The number of methoxy groups -OCH3 is 1. The Balaban J connectivity index is 1.76. The van der Waals surface area contributed by atoms with Crippen LogP contribution in [0.4, 0.5) is 5.13 Å². The summed E-state index contributed by atoms with van der Waals surface area (Å²) in [6, 6.07) is 6.98. The van der Waals surface area contributed by atoms with Crippen molar-refractivity contribution >= 4 is 28.3 Å². The molecule has 1 aromatic heterocycles. The Kier molecular flexibility index (Phi) is 4.52. The zero-order valence-corrected chi connectivity index (χ0v) is 13.4. The number of carbonyl (C=O) groups is 2. The molecule has 1 aromatic carbocycles. The number of benzene rings is 1. The van der Waals surface area contributed by atoms with Crippen LogP contribution in [0, 0.1) is 0 Å². The molecule has 2 heterocycles. The smallest absolute Gasteiger partial charge is 0.249 e. The van der Waals surface area contributed by atoms with E-state index in [0.29, 0.717) is 30.3 Å². The Morgan fingerprint density at radius 2 is 2.30 bits per heavy atom. The molecule has 7 nitrogen and oxygen atoms in total. The first-order valence-corrected chi connectivity index (χ1v) is 8.05. The molecule has 1 fully saturated rings. The van der Waals surface area contributed by atoms with Gasteiger partial charge in [0.05, 0.1) is 13.7 Å². The second-order valence-corrected chi connectivity index (χ2v) is 5.95. The molecule has 0 unspecified atom stereocenters. The standard InChI is InChI=1S/C15H16N4O3S/c1-22-12-5-3-2-4-10(12)8-19-11(6-7-13(19)20)14(21)17-15-18-16-9-23-15/h2-5,9,11H,6-8H2,1H3,(H,17,18,21)/t11-/m1/s1. The molecule has 0 radical (unpaired) electrons. The zero-order valence-electron chi connectivity index (χ0n) is 12.6. The van der Waals surface area contributed by atoms with E-state index >= 15 is 0 Å². The van der Waals surface area contributed by atoms with Crippen LogP contribution in [0.5, 0.6) is 5.75 Å². The van der Waals surface area contributed by atoms with Gasteiger partial charge in [0.2, 0.25) is 16.9 Å². The summed E-state index contributed by atoms with van der Waals surface area (Å²) in [7, 11) is 1.59. The molecule has 3 rings (SSSR count). The fourth-order valence-electron chi connectivity index (χ4n) is 2.64. The zero-order chi connectivity index (χ0) is 16.2. The maximum Gasteiger partial charge on any atom is 0.249 e. The van der Waals surface area contributed by atoms with Crippen LogP contribution in [-0.4, -0.2) is 40.1 Å². The molecular formula is C15H16N4O3S. The average Bonchev–Trinajstić information content (AvgIpc) is 3.18. The van der Waals surface area contributed by atoms with Gasteiger partial charge in [0.1, 0.15) is 17.3 Å². The van der Waals surface area contributed by atoms with Gasteiger partial charge in [0.25, 0.3) is 0 Å². The normalized spacial score (nSPS) is 17.3. The van der Waals surface area contributed by atoms with Gasteiger partial charge in [-0.05, 0) is 12.5 Å². The van der Waals surface area contributed by atoms with E-state index in [-0.39, 0.29) is 11.8 Å². The van der Waals surface area contributed by atoms with Gasteiger partial charge >= 0.3 is 0 Å². The molecule has 1 saturated heterocycles. The van der Waals surface area contributed by atoms with Crippen molar-refractivity contribution in [1.29, 1.82) is 0 Å². The molecule has 2 amide bonds. The van der Waals surface area contributed by atoms with Gasteiger partial charge in [0.15, 0.2) is 0 Å². The second-order valence-electron chi connectivity index (χ2n) is 5.12. The number of nitrogens with one attached hydrogen (secondary N) is 1. The molecule has 8 heteroatoms. The summed E-state index contributed by atoms with van der Waals surface area (Å²) >= 11 is 1.24. The van der Waals surface area contributed by atoms with Crippen molar-refractivity contribution in [1.82, 2.24) is 15.1 Å². The third kappa shape index (κ3) is 3.31. The highest BCUT2D eigenvalue weighted by atomic mass is 32.1. The van der Waals surface area contributed by atoms with Crippen LogP contribution >= 0.6 is 11.3 Å². The highest BCUT2D eigenvalue weighted by Crippen LogP contribution is 2.26. The predicted octanol–water partition coefficient (Wildman–Crippen LogP) is 1.68. The second kappa shape index (κ2) is 6.74. The van der Waals surface area contributed by atoms with E-state index in [2.05, 4.69) is 15.5 Å². The molecule has 0 aliphatic carbocycles. The summed E-state index contributed by atoms with van der Waals surface area (Å²) in [5.41, 5.74) is 2.42. The highest BCUT2D eigenvalue weighted by Gasteiger charge is 2.36. The third-order valence-electron chi connectivity index (χ3n) is 3.75. The lowest BCUT2D eigenvalue weighted by molar-refractivity contribution is -0.133. The number of para-hydroxylation sites is 1. The number of ether oxygens (including phenoxy) is 1. The maximum atomic E-state index is 12.4. The molecular weight excluding hydrogens is 316 g/mol. The van der Waals surface area contributed by atoms with Gasteiger partial charge in [-0.3, -0.25) is 14.9 Å². The SMILES string of the molecule is COc1ccccc1CN1C(=O)CC[C@@H]1C(=O)Nc1nncs1. The molecule has 0 saturated carbocycles. The lowest BCUT2D eigenvalue weighted by atomic mass is 10.1. The molecule has 1 aliphatic rings.